The van der Waals surface area contributed by atoms with Crippen LogP contribution < -0.4 is 15.4 Å². The van der Waals surface area contributed by atoms with Crippen molar-refractivity contribution in [1.82, 2.24) is 9.55 Å². The van der Waals surface area contributed by atoms with Crippen molar-refractivity contribution in [2.75, 3.05) is 36.0 Å². The minimum absolute atomic E-state index is 0.0436. The largest absolute Gasteiger partial charge is 0.367 e. The molecular formula is C25H24N4O. The number of hydrogen-bond donors (Lipinski definition) is 0. The Kier molecular flexibility index (Phi) is 4.71. The SMILES string of the molecule is Cc1c(N2CCN(c3ccccn3)CC2)c2ccccc2n(-c2ccccc2)c1=O. The maximum absolute atomic E-state index is 13.4. The van der Waals surface area contributed by atoms with E-state index in [-0.39, 0.29) is 5.56 Å². The molecule has 5 rings (SSSR count). The number of pyridine rings is 2. The maximum atomic E-state index is 13.4. The van der Waals surface area contributed by atoms with E-state index in [0.717, 1.165) is 59.8 Å². The van der Waals surface area contributed by atoms with Crippen LogP contribution in [0.3, 0.4) is 0 Å². The first-order valence-corrected chi connectivity index (χ1v) is 10.3. The van der Waals surface area contributed by atoms with E-state index in [1.165, 1.54) is 0 Å². The molecule has 30 heavy (non-hydrogen) atoms. The molecule has 0 N–H and O–H groups in total. The predicted molar refractivity (Wildman–Crippen MR) is 123 cm³/mol. The molecule has 0 saturated carbocycles. The van der Waals surface area contributed by atoms with Crippen LogP contribution in [-0.2, 0) is 0 Å². The smallest absolute Gasteiger partial charge is 0.260 e. The van der Waals surface area contributed by atoms with E-state index in [1.807, 2.05) is 72.3 Å². The van der Waals surface area contributed by atoms with Gasteiger partial charge < -0.3 is 9.80 Å². The highest BCUT2D eigenvalue weighted by molar-refractivity contribution is 5.94. The van der Waals surface area contributed by atoms with Crippen molar-refractivity contribution in [3.63, 3.8) is 0 Å². The Bertz CT molecular complexity index is 1230. The highest BCUT2D eigenvalue weighted by atomic mass is 16.1. The zero-order valence-corrected chi connectivity index (χ0v) is 17.0. The Labute approximate surface area is 175 Å². The first-order chi connectivity index (χ1) is 14.7. The molecule has 0 unspecified atom stereocenters. The van der Waals surface area contributed by atoms with Crippen LogP contribution in [0.2, 0.25) is 0 Å². The maximum Gasteiger partial charge on any atom is 0.260 e. The van der Waals surface area contributed by atoms with Crippen molar-refractivity contribution in [3.8, 4) is 5.69 Å². The van der Waals surface area contributed by atoms with E-state index in [2.05, 4.69) is 33.0 Å². The van der Waals surface area contributed by atoms with E-state index >= 15 is 0 Å². The van der Waals surface area contributed by atoms with Gasteiger partial charge in [-0.15, -0.1) is 0 Å². The molecule has 1 saturated heterocycles. The fourth-order valence-electron chi connectivity index (χ4n) is 4.39. The van der Waals surface area contributed by atoms with E-state index in [0.29, 0.717) is 0 Å². The predicted octanol–water partition coefficient (Wildman–Crippen LogP) is 4.02. The highest BCUT2D eigenvalue weighted by Gasteiger charge is 2.23. The molecule has 0 spiro atoms. The number of hydrogen-bond acceptors (Lipinski definition) is 4. The lowest BCUT2D eigenvalue weighted by Crippen LogP contribution is -2.47. The number of para-hydroxylation sites is 2. The number of anilines is 2. The van der Waals surface area contributed by atoms with Gasteiger partial charge in [-0.25, -0.2) is 4.98 Å². The average Bonchev–Trinajstić information content (AvgIpc) is 2.81. The Hall–Kier alpha value is -3.60. The van der Waals surface area contributed by atoms with Crippen molar-refractivity contribution in [3.05, 3.63) is 94.9 Å². The molecule has 150 valence electrons. The molecule has 5 nitrogen and oxygen atoms in total. The van der Waals surface area contributed by atoms with Crippen molar-refractivity contribution in [1.29, 1.82) is 0 Å². The number of nitrogens with zero attached hydrogens (tertiary/aromatic N) is 4. The van der Waals surface area contributed by atoms with Crippen LogP contribution in [0, 0.1) is 6.92 Å². The molecule has 1 aliphatic heterocycles. The molecule has 5 heteroatoms. The third-order valence-electron chi connectivity index (χ3n) is 5.86. The lowest BCUT2D eigenvalue weighted by Gasteiger charge is -2.38. The van der Waals surface area contributed by atoms with Crippen molar-refractivity contribution in [2.24, 2.45) is 0 Å². The Balaban J connectivity index is 1.57. The molecule has 3 heterocycles. The Morgan fingerprint density at radius 2 is 1.43 bits per heavy atom. The number of piperazine rings is 1. The van der Waals surface area contributed by atoms with Crippen LogP contribution in [0.15, 0.2) is 83.8 Å². The molecule has 2 aromatic carbocycles. The monoisotopic (exact) mass is 396 g/mol. The van der Waals surface area contributed by atoms with E-state index in [1.54, 1.807) is 0 Å². The summed E-state index contributed by atoms with van der Waals surface area (Å²) in [7, 11) is 0. The van der Waals surface area contributed by atoms with Gasteiger partial charge in [0.15, 0.2) is 0 Å². The molecule has 4 aromatic rings. The second-order valence-electron chi connectivity index (χ2n) is 7.63. The molecule has 0 radical (unpaired) electrons. The fraction of sp³-hybridized carbons (Fsp3) is 0.200. The second kappa shape index (κ2) is 7.67. The average molecular weight is 396 g/mol. The summed E-state index contributed by atoms with van der Waals surface area (Å²) in [5.74, 6) is 1.01. The first-order valence-electron chi connectivity index (χ1n) is 10.3. The molecule has 1 aliphatic rings. The standard InChI is InChI=1S/C25H24N4O/c1-19-24(28-17-15-27(16-18-28)23-13-7-8-14-26-23)21-11-5-6-12-22(21)29(25(19)30)20-9-3-2-4-10-20/h2-14H,15-18H2,1H3. The number of fused-ring (bicyclic) bond motifs is 1. The minimum atomic E-state index is 0.0436. The van der Waals surface area contributed by atoms with Gasteiger partial charge in [-0.2, -0.15) is 0 Å². The zero-order valence-electron chi connectivity index (χ0n) is 17.0. The third-order valence-corrected chi connectivity index (χ3v) is 5.86. The summed E-state index contributed by atoms with van der Waals surface area (Å²) in [5.41, 5.74) is 3.74. The Morgan fingerprint density at radius 3 is 2.17 bits per heavy atom. The molecule has 1 fully saturated rings. The lowest BCUT2D eigenvalue weighted by molar-refractivity contribution is 0.647. The third kappa shape index (κ3) is 3.12. The highest BCUT2D eigenvalue weighted by Crippen LogP contribution is 2.31. The lowest BCUT2D eigenvalue weighted by atomic mass is 10.1. The summed E-state index contributed by atoms with van der Waals surface area (Å²) in [6, 6.07) is 24.1. The molecule has 0 atom stereocenters. The summed E-state index contributed by atoms with van der Waals surface area (Å²) >= 11 is 0. The second-order valence-corrected chi connectivity index (χ2v) is 7.63. The summed E-state index contributed by atoms with van der Waals surface area (Å²) in [6.45, 7) is 5.43. The normalized spacial score (nSPS) is 14.3. The molecule has 0 aliphatic carbocycles. The van der Waals surface area contributed by atoms with Gasteiger partial charge in [0.25, 0.3) is 5.56 Å². The van der Waals surface area contributed by atoms with Crippen LogP contribution in [-0.4, -0.2) is 35.7 Å². The van der Waals surface area contributed by atoms with Crippen LogP contribution in [0.1, 0.15) is 5.56 Å². The van der Waals surface area contributed by atoms with Gasteiger partial charge in [0.05, 0.1) is 11.2 Å². The van der Waals surface area contributed by atoms with E-state index < -0.39 is 0 Å². The fourth-order valence-corrected chi connectivity index (χ4v) is 4.39. The van der Waals surface area contributed by atoms with Gasteiger partial charge in [-0.1, -0.05) is 42.5 Å². The van der Waals surface area contributed by atoms with Gasteiger partial charge in [0.1, 0.15) is 5.82 Å². The molecule has 0 bridgehead atoms. The van der Waals surface area contributed by atoms with Crippen molar-refractivity contribution < 1.29 is 0 Å². The molecular weight excluding hydrogens is 372 g/mol. The van der Waals surface area contributed by atoms with Gasteiger partial charge in [-0.05, 0) is 37.3 Å². The summed E-state index contributed by atoms with van der Waals surface area (Å²) in [6.07, 6.45) is 1.84. The van der Waals surface area contributed by atoms with Crippen molar-refractivity contribution in [2.45, 2.75) is 6.92 Å². The van der Waals surface area contributed by atoms with Gasteiger partial charge in [0, 0.05) is 49.0 Å². The number of benzene rings is 2. The van der Waals surface area contributed by atoms with Crippen LogP contribution >= 0.6 is 0 Å². The zero-order chi connectivity index (χ0) is 20.5. The summed E-state index contributed by atoms with van der Waals surface area (Å²) in [5, 5.41) is 1.12. The van der Waals surface area contributed by atoms with Crippen LogP contribution in [0.5, 0.6) is 0 Å². The summed E-state index contributed by atoms with van der Waals surface area (Å²) in [4.78, 5) is 22.6. The quantitative estimate of drug-likeness (QED) is 0.525. The summed E-state index contributed by atoms with van der Waals surface area (Å²) < 4.78 is 1.83. The topological polar surface area (TPSA) is 41.4 Å². The van der Waals surface area contributed by atoms with Gasteiger partial charge >= 0.3 is 0 Å². The molecule has 0 amide bonds. The first kappa shape index (κ1) is 18.4. The van der Waals surface area contributed by atoms with Crippen LogP contribution in [0.25, 0.3) is 16.6 Å². The Morgan fingerprint density at radius 1 is 0.767 bits per heavy atom. The van der Waals surface area contributed by atoms with E-state index in [9.17, 15) is 4.79 Å². The number of rotatable bonds is 3. The molecule has 2 aromatic heterocycles. The number of aromatic nitrogens is 2. The van der Waals surface area contributed by atoms with Gasteiger partial charge in [0.2, 0.25) is 0 Å². The van der Waals surface area contributed by atoms with Gasteiger partial charge in [-0.3, -0.25) is 9.36 Å². The van der Waals surface area contributed by atoms with Crippen molar-refractivity contribution >= 4 is 22.4 Å². The minimum Gasteiger partial charge on any atom is -0.367 e. The van der Waals surface area contributed by atoms with Crippen LogP contribution in [0.4, 0.5) is 11.5 Å². The van der Waals surface area contributed by atoms with E-state index in [4.69, 9.17) is 0 Å².